The van der Waals surface area contributed by atoms with Gasteiger partial charge in [-0.25, -0.2) is 4.98 Å². The summed E-state index contributed by atoms with van der Waals surface area (Å²) in [7, 11) is 0. The first-order valence-corrected chi connectivity index (χ1v) is 6.06. The molecule has 0 amide bonds. The minimum absolute atomic E-state index is 0.0180. The standard InChI is InChI=1S/C10H15BrN4O2/c1-3-14(5-4-12)10-9(11)7(2)8(6-13-10)15(16)17/h6H,3-5,12H2,1-2H3. The zero-order valence-corrected chi connectivity index (χ0v) is 11.4. The van der Waals surface area contributed by atoms with Crippen molar-refractivity contribution in [3.8, 4) is 0 Å². The van der Waals surface area contributed by atoms with Crippen LogP contribution in [0.2, 0.25) is 0 Å². The highest BCUT2D eigenvalue weighted by Gasteiger charge is 2.19. The number of pyridine rings is 1. The summed E-state index contributed by atoms with van der Waals surface area (Å²) < 4.78 is 0.655. The second-order valence-electron chi connectivity index (χ2n) is 3.53. The van der Waals surface area contributed by atoms with Gasteiger partial charge in [0.2, 0.25) is 0 Å². The lowest BCUT2D eigenvalue weighted by molar-refractivity contribution is -0.385. The summed E-state index contributed by atoms with van der Waals surface area (Å²) in [5, 5.41) is 10.8. The van der Waals surface area contributed by atoms with Crippen LogP contribution in [0.25, 0.3) is 0 Å². The van der Waals surface area contributed by atoms with Gasteiger partial charge >= 0.3 is 0 Å². The first-order valence-electron chi connectivity index (χ1n) is 5.27. The lowest BCUT2D eigenvalue weighted by Gasteiger charge is -2.22. The Morgan fingerprint density at radius 3 is 2.76 bits per heavy atom. The van der Waals surface area contributed by atoms with Gasteiger partial charge in [0, 0.05) is 25.2 Å². The predicted octanol–water partition coefficient (Wildman–Crippen LogP) is 1.85. The molecule has 7 heteroatoms. The average Bonchev–Trinajstić information content (AvgIpc) is 2.29. The van der Waals surface area contributed by atoms with Crippen molar-refractivity contribution in [2.75, 3.05) is 24.5 Å². The second kappa shape index (κ2) is 5.92. The van der Waals surface area contributed by atoms with Crippen molar-refractivity contribution in [1.82, 2.24) is 4.98 Å². The monoisotopic (exact) mass is 302 g/mol. The molecular formula is C10H15BrN4O2. The van der Waals surface area contributed by atoms with E-state index in [4.69, 9.17) is 5.73 Å². The molecule has 1 aromatic rings. The molecule has 0 radical (unpaired) electrons. The van der Waals surface area contributed by atoms with Crippen LogP contribution in [0.4, 0.5) is 11.5 Å². The van der Waals surface area contributed by atoms with Crippen molar-refractivity contribution in [3.05, 3.63) is 26.3 Å². The van der Waals surface area contributed by atoms with E-state index in [1.807, 2.05) is 11.8 Å². The molecule has 0 aliphatic rings. The molecule has 6 nitrogen and oxygen atoms in total. The highest BCUT2D eigenvalue weighted by molar-refractivity contribution is 9.10. The molecule has 0 aliphatic carbocycles. The highest BCUT2D eigenvalue weighted by atomic mass is 79.9. The van der Waals surface area contributed by atoms with E-state index in [0.717, 1.165) is 6.54 Å². The third-order valence-corrected chi connectivity index (χ3v) is 3.45. The van der Waals surface area contributed by atoms with Gasteiger partial charge in [0.1, 0.15) is 12.0 Å². The first-order chi connectivity index (χ1) is 8.02. The second-order valence-corrected chi connectivity index (χ2v) is 4.32. The maximum Gasteiger partial charge on any atom is 0.291 e. The Balaban J connectivity index is 3.19. The third kappa shape index (κ3) is 2.92. The molecule has 0 saturated carbocycles. The summed E-state index contributed by atoms with van der Waals surface area (Å²) in [6, 6.07) is 0. The summed E-state index contributed by atoms with van der Waals surface area (Å²) in [5.41, 5.74) is 6.11. The average molecular weight is 303 g/mol. The number of anilines is 1. The van der Waals surface area contributed by atoms with Gasteiger partial charge in [-0.05, 0) is 29.8 Å². The topological polar surface area (TPSA) is 85.3 Å². The maximum atomic E-state index is 10.8. The van der Waals surface area contributed by atoms with Crippen molar-refractivity contribution in [2.24, 2.45) is 5.73 Å². The van der Waals surface area contributed by atoms with Crippen LogP contribution in [-0.4, -0.2) is 29.5 Å². The maximum absolute atomic E-state index is 10.8. The van der Waals surface area contributed by atoms with E-state index in [1.165, 1.54) is 6.20 Å². The normalized spacial score (nSPS) is 10.4. The van der Waals surface area contributed by atoms with Gasteiger partial charge in [-0.15, -0.1) is 0 Å². The molecule has 0 spiro atoms. The molecule has 94 valence electrons. The number of hydrogen-bond donors (Lipinski definition) is 1. The number of nitrogens with zero attached hydrogens (tertiary/aromatic N) is 3. The summed E-state index contributed by atoms with van der Waals surface area (Å²) in [6.07, 6.45) is 1.29. The molecular weight excluding hydrogens is 288 g/mol. The number of nitrogens with two attached hydrogens (primary N) is 1. The zero-order chi connectivity index (χ0) is 13.0. The van der Waals surface area contributed by atoms with Crippen LogP contribution in [0.5, 0.6) is 0 Å². The van der Waals surface area contributed by atoms with Gasteiger partial charge in [-0.3, -0.25) is 10.1 Å². The molecule has 0 atom stereocenters. The van der Waals surface area contributed by atoms with Crippen molar-refractivity contribution in [3.63, 3.8) is 0 Å². The van der Waals surface area contributed by atoms with E-state index in [-0.39, 0.29) is 5.69 Å². The molecule has 0 bridgehead atoms. The van der Waals surface area contributed by atoms with E-state index >= 15 is 0 Å². The Morgan fingerprint density at radius 1 is 1.65 bits per heavy atom. The summed E-state index contributed by atoms with van der Waals surface area (Å²) in [5.74, 6) is 0.695. The molecule has 0 unspecified atom stereocenters. The molecule has 0 saturated heterocycles. The van der Waals surface area contributed by atoms with E-state index in [0.29, 0.717) is 28.9 Å². The Labute approximate surface area is 108 Å². The van der Waals surface area contributed by atoms with Crippen LogP contribution in [0.3, 0.4) is 0 Å². The Hall–Kier alpha value is -1.21. The van der Waals surface area contributed by atoms with Gasteiger partial charge < -0.3 is 10.6 Å². The molecule has 0 aliphatic heterocycles. The van der Waals surface area contributed by atoms with Gasteiger partial charge in [0.05, 0.1) is 9.40 Å². The number of halogens is 1. The first kappa shape index (κ1) is 13.9. The van der Waals surface area contributed by atoms with Crippen LogP contribution in [0, 0.1) is 17.0 Å². The van der Waals surface area contributed by atoms with Crippen LogP contribution in [0.1, 0.15) is 12.5 Å². The van der Waals surface area contributed by atoms with E-state index in [1.54, 1.807) is 6.92 Å². The fraction of sp³-hybridized carbons (Fsp3) is 0.500. The van der Waals surface area contributed by atoms with Gasteiger partial charge in [0.15, 0.2) is 0 Å². The third-order valence-electron chi connectivity index (χ3n) is 2.50. The largest absolute Gasteiger partial charge is 0.355 e. The molecule has 1 aromatic heterocycles. The number of aromatic nitrogens is 1. The number of likely N-dealkylation sites (N-methyl/N-ethyl adjacent to an activating group) is 1. The van der Waals surface area contributed by atoms with Crippen molar-refractivity contribution in [2.45, 2.75) is 13.8 Å². The molecule has 1 rings (SSSR count). The lowest BCUT2D eigenvalue weighted by Crippen LogP contribution is -2.30. The van der Waals surface area contributed by atoms with Crippen molar-refractivity contribution in [1.29, 1.82) is 0 Å². The molecule has 1 heterocycles. The van der Waals surface area contributed by atoms with Gasteiger partial charge in [0.25, 0.3) is 5.69 Å². The quantitative estimate of drug-likeness (QED) is 0.662. The minimum atomic E-state index is -0.434. The number of nitro groups is 1. The summed E-state index contributed by atoms with van der Waals surface area (Å²) in [6.45, 7) is 5.61. The molecule has 0 aromatic carbocycles. The summed E-state index contributed by atoms with van der Waals surface area (Å²) >= 11 is 3.36. The fourth-order valence-corrected chi connectivity index (χ4v) is 2.09. The Kier molecular flexibility index (Phi) is 4.83. The van der Waals surface area contributed by atoms with Gasteiger partial charge in [-0.1, -0.05) is 0 Å². The van der Waals surface area contributed by atoms with Crippen LogP contribution in [0.15, 0.2) is 10.7 Å². The van der Waals surface area contributed by atoms with Crippen LogP contribution in [-0.2, 0) is 0 Å². The van der Waals surface area contributed by atoms with E-state index in [9.17, 15) is 10.1 Å². The van der Waals surface area contributed by atoms with Crippen molar-refractivity contribution >= 4 is 27.4 Å². The lowest BCUT2D eigenvalue weighted by atomic mass is 10.2. The van der Waals surface area contributed by atoms with Crippen molar-refractivity contribution < 1.29 is 4.92 Å². The minimum Gasteiger partial charge on any atom is -0.355 e. The summed E-state index contributed by atoms with van der Waals surface area (Å²) in [4.78, 5) is 16.4. The number of rotatable bonds is 5. The molecule has 2 N–H and O–H groups in total. The van der Waals surface area contributed by atoms with Crippen LogP contribution < -0.4 is 10.6 Å². The Bertz CT molecular complexity index is 425. The van der Waals surface area contributed by atoms with Crippen LogP contribution >= 0.6 is 15.9 Å². The molecule has 17 heavy (non-hydrogen) atoms. The van der Waals surface area contributed by atoms with E-state index < -0.39 is 4.92 Å². The SMILES string of the molecule is CCN(CCN)c1ncc([N+](=O)[O-])c(C)c1Br. The zero-order valence-electron chi connectivity index (χ0n) is 9.81. The predicted molar refractivity (Wildman–Crippen MR) is 70.3 cm³/mol. The smallest absolute Gasteiger partial charge is 0.291 e. The van der Waals surface area contributed by atoms with Gasteiger partial charge in [-0.2, -0.15) is 0 Å². The highest BCUT2D eigenvalue weighted by Crippen LogP contribution is 2.32. The Morgan fingerprint density at radius 2 is 2.29 bits per heavy atom. The number of hydrogen-bond acceptors (Lipinski definition) is 5. The fourth-order valence-electron chi connectivity index (χ4n) is 1.53. The van der Waals surface area contributed by atoms with E-state index in [2.05, 4.69) is 20.9 Å². The molecule has 0 fully saturated rings.